The molecule has 190 valence electrons. The molecule has 1 aliphatic rings. The predicted octanol–water partition coefficient (Wildman–Crippen LogP) is 4.10. The number of carbonyl (C=O) groups is 1. The fourth-order valence-corrected chi connectivity index (χ4v) is 5.36. The van der Waals surface area contributed by atoms with Gasteiger partial charge in [-0.05, 0) is 60.0 Å². The molecule has 1 amide bonds. The van der Waals surface area contributed by atoms with Crippen molar-refractivity contribution < 1.29 is 19.4 Å². The van der Waals surface area contributed by atoms with Crippen molar-refractivity contribution in [1.29, 1.82) is 0 Å². The van der Waals surface area contributed by atoms with Crippen LogP contribution in [0.3, 0.4) is 0 Å². The average Bonchev–Trinajstić information content (AvgIpc) is 3.32. The number of hydrogen-bond donors (Lipinski definition) is 1. The van der Waals surface area contributed by atoms with E-state index in [1.54, 1.807) is 11.3 Å². The standard InChI is InChI=1S/C28H38N2O4S/c1-5-13-29(17-23(31)19-33-15-6-2)18-28(32)30-14-11-27-25(12-16-35-27)26(30)20-34-24-9-7-22(8-10-24)21(3)4/h2,7-10,12,16,21,23,26,31H,5,11,13-15,17-20H2,1,3-4H3/t23-,26+/m1/s1. The van der Waals surface area contributed by atoms with Crippen LogP contribution in [-0.2, 0) is 16.0 Å². The minimum absolute atomic E-state index is 0.0517. The Bertz CT molecular complexity index is 966. The molecule has 6 nitrogen and oxygen atoms in total. The van der Waals surface area contributed by atoms with Crippen molar-refractivity contribution in [2.24, 2.45) is 0 Å². The highest BCUT2D eigenvalue weighted by Crippen LogP contribution is 2.34. The van der Waals surface area contributed by atoms with Gasteiger partial charge in [0.15, 0.2) is 0 Å². The van der Waals surface area contributed by atoms with Crippen molar-refractivity contribution in [2.45, 2.75) is 51.7 Å². The predicted molar refractivity (Wildman–Crippen MR) is 141 cm³/mol. The van der Waals surface area contributed by atoms with Gasteiger partial charge in [-0.1, -0.05) is 38.8 Å². The van der Waals surface area contributed by atoms with Crippen LogP contribution in [0.5, 0.6) is 5.75 Å². The molecule has 2 aromatic rings. The molecule has 0 aliphatic carbocycles. The second kappa shape index (κ2) is 13.6. The quantitative estimate of drug-likeness (QED) is 0.333. The molecule has 7 heteroatoms. The Kier molecular flexibility index (Phi) is 10.6. The number of amides is 1. The molecule has 0 radical (unpaired) electrons. The highest BCUT2D eigenvalue weighted by Gasteiger charge is 2.33. The summed E-state index contributed by atoms with van der Waals surface area (Å²) in [5, 5.41) is 12.4. The molecule has 1 aromatic carbocycles. The smallest absolute Gasteiger partial charge is 0.237 e. The lowest BCUT2D eigenvalue weighted by molar-refractivity contribution is -0.136. The summed E-state index contributed by atoms with van der Waals surface area (Å²) < 4.78 is 11.4. The Morgan fingerprint density at radius 2 is 2.09 bits per heavy atom. The molecule has 1 aliphatic heterocycles. The zero-order chi connectivity index (χ0) is 25.2. The lowest BCUT2D eigenvalue weighted by Gasteiger charge is -2.37. The SMILES string of the molecule is C#CCOC[C@H](O)CN(CCC)CC(=O)N1CCc2sccc2[C@@H]1COc1ccc(C(C)C)cc1. The van der Waals surface area contributed by atoms with Gasteiger partial charge in [0.05, 0.1) is 25.3 Å². The number of benzene rings is 1. The molecule has 2 atom stereocenters. The van der Waals surface area contributed by atoms with E-state index in [4.69, 9.17) is 15.9 Å². The number of carbonyl (C=O) groups excluding carboxylic acids is 1. The van der Waals surface area contributed by atoms with Crippen molar-refractivity contribution in [3.05, 3.63) is 51.7 Å². The normalized spacial score (nSPS) is 16.3. The maximum atomic E-state index is 13.5. The van der Waals surface area contributed by atoms with Crippen LogP contribution in [0.15, 0.2) is 35.7 Å². The van der Waals surface area contributed by atoms with Gasteiger partial charge in [0.1, 0.15) is 19.0 Å². The number of hydrogen-bond acceptors (Lipinski definition) is 6. The number of aliphatic hydroxyl groups excluding tert-OH is 1. The first kappa shape index (κ1) is 27.2. The third kappa shape index (κ3) is 7.81. The third-order valence-electron chi connectivity index (χ3n) is 6.23. The lowest BCUT2D eigenvalue weighted by atomic mass is 10.00. The van der Waals surface area contributed by atoms with Crippen LogP contribution in [0, 0.1) is 12.3 Å². The minimum Gasteiger partial charge on any atom is -0.491 e. The van der Waals surface area contributed by atoms with Gasteiger partial charge in [-0.25, -0.2) is 0 Å². The Labute approximate surface area is 213 Å². The molecule has 3 rings (SSSR count). The third-order valence-corrected chi connectivity index (χ3v) is 7.23. The summed E-state index contributed by atoms with van der Waals surface area (Å²) in [4.78, 5) is 18.8. The zero-order valence-corrected chi connectivity index (χ0v) is 21.9. The van der Waals surface area contributed by atoms with E-state index in [2.05, 4.69) is 50.3 Å². The van der Waals surface area contributed by atoms with Crippen molar-refractivity contribution in [3.63, 3.8) is 0 Å². The number of fused-ring (bicyclic) bond motifs is 1. The second-order valence-corrected chi connectivity index (χ2v) is 10.3. The molecule has 1 aromatic heterocycles. The van der Waals surface area contributed by atoms with Gasteiger partial charge in [0, 0.05) is 18.0 Å². The molecular formula is C28H38N2O4S. The van der Waals surface area contributed by atoms with Gasteiger partial charge in [0.2, 0.25) is 5.91 Å². The molecule has 0 spiro atoms. The summed E-state index contributed by atoms with van der Waals surface area (Å²) in [6.45, 7) is 9.15. The van der Waals surface area contributed by atoms with Crippen LogP contribution < -0.4 is 4.74 Å². The number of ether oxygens (including phenoxy) is 2. The average molecular weight is 499 g/mol. The maximum Gasteiger partial charge on any atom is 0.237 e. The number of thiophene rings is 1. The van der Waals surface area contributed by atoms with Crippen LogP contribution in [0.2, 0.25) is 0 Å². The monoisotopic (exact) mass is 498 g/mol. The topological polar surface area (TPSA) is 62.2 Å². The molecule has 0 unspecified atom stereocenters. The highest BCUT2D eigenvalue weighted by atomic mass is 32.1. The van der Waals surface area contributed by atoms with Crippen LogP contribution in [-0.4, -0.2) is 72.9 Å². The Hall–Kier alpha value is -2.37. The van der Waals surface area contributed by atoms with Gasteiger partial charge in [0.25, 0.3) is 0 Å². The van der Waals surface area contributed by atoms with Crippen molar-refractivity contribution >= 4 is 17.2 Å². The highest BCUT2D eigenvalue weighted by molar-refractivity contribution is 7.10. The van der Waals surface area contributed by atoms with Gasteiger partial charge >= 0.3 is 0 Å². The summed E-state index contributed by atoms with van der Waals surface area (Å²) in [6.07, 6.45) is 6.25. The van der Waals surface area contributed by atoms with Crippen molar-refractivity contribution in [1.82, 2.24) is 9.80 Å². The van der Waals surface area contributed by atoms with E-state index in [1.165, 1.54) is 16.0 Å². The molecule has 1 N–H and O–H groups in total. The fourth-order valence-electron chi connectivity index (χ4n) is 4.44. The Balaban J connectivity index is 1.67. The first-order chi connectivity index (χ1) is 16.9. The minimum atomic E-state index is -0.694. The maximum absolute atomic E-state index is 13.5. The van der Waals surface area contributed by atoms with Crippen molar-refractivity contribution in [2.75, 3.05) is 46.0 Å². The van der Waals surface area contributed by atoms with Gasteiger partial charge < -0.3 is 19.5 Å². The van der Waals surface area contributed by atoms with Crippen molar-refractivity contribution in [3.8, 4) is 18.1 Å². The van der Waals surface area contributed by atoms with E-state index >= 15 is 0 Å². The molecule has 0 fully saturated rings. The Morgan fingerprint density at radius 1 is 1.31 bits per heavy atom. The molecule has 2 heterocycles. The zero-order valence-electron chi connectivity index (χ0n) is 21.1. The van der Waals surface area contributed by atoms with Crippen LogP contribution >= 0.6 is 11.3 Å². The number of rotatable bonds is 13. The van der Waals surface area contributed by atoms with E-state index in [0.29, 0.717) is 25.6 Å². The number of terminal acetylenes is 1. The summed E-state index contributed by atoms with van der Waals surface area (Å²) in [5.41, 5.74) is 2.45. The molecule has 0 bridgehead atoms. The molecular weight excluding hydrogens is 460 g/mol. The van der Waals surface area contributed by atoms with Crippen LogP contribution in [0.1, 0.15) is 55.2 Å². The fraction of sp³-hybridized carbons (Fsp3) is 0.536. The van der Waals surface area contributed by atoms with E-state index in [9.17, 15) is 9.90 Å². The summed E-state index contributed by atoms with van der Waals surface area (Å²) >= 11 is 1.74. The Morgan fingerprint density at radius 3 is 2.77 bits per heavy atom. The van der Waals surface area contributed by atoms with E-state index in [1.807, 2.05) is 21.9 Å². The number of nitrogens with zero attached hydrogens (tertiary/aromatic N) is 2. The van der Waals surface area contributed by atoms with Crippen LogP contribution in [0.25, 0.3) is 0 Å². The number of aliphatic hydroxyl groups is 1. The summed E-state index contributed by atoms with van der Waals surface area (Å²) in [6, 6.07) is 10.2. The summed E-state index contributed by atoms with van der Waals surface area (Å²) in [5.74, 6) is 3.73. The van der Waals surface area contributed by atoms with E-state index in [-0.39, 0.29) is 31.7 Å². The largest absolute Gasteiger partial charge is 0.491 e. The summed E-state index contributed by atoms with van der Waals surface area (Å²) in [7, 11) is 0. The van der Waals surface area contributed by atoms with E-state index < -0.39 is 6.10 Å². The molecule has 0 saturated carbocycles. The van der Waals surface area contributed by atoms with Gasteiger partial charge in [-0.2, -0.15) is 0 Å². The van der Waals surface area contributed by atoms with Gasteiger partial charge in [-0.3, -0.25) is 9.69 Å². The first-order valence-corrected chi connectivity index (χ1v) is 13.3. The molecule has 0 saturated heterocycles. The van der Waals surface area contributed by atoms with Crippen LogP contribution in [0.4, 0.5) is 0 Å². The second-order valence-electron chi connectivity index (χ2n) is 9.29. The lowest BCUT2D eigenvalue weighted by Crippen LogP contribution is -2.48. The van der Waals surface area contributed by atoms with E-state index in [0.717, 1.165) is 25.1 Å². The first-order valence-electron chi connectivity index (χ1n) is 12.4. The van der Waals surface area contributed by atoms with Gasteiger partial charge in [-0.15, -0.1) is 17.8 Å². The molecule has 35 heavy (non-hydrogen) atoms.